The van der Waals surface area contributed by atoms with Crippen LogP contribution in [-0.4, -0.2) is 30.9 Å². The highest BCUT2D eigenvalue weighted by Crippen LogP contribution is 2.49. The molecule has 0 amide bonds. The summed E-state index contributed by atoms with van der Waals surface area (Å²) in [7, 11) is 1.68. The number of methoxy groups -OCH3 is 1. The van der Waals surface area contributed by atoms with E-state index < -0.39 is 5.41 Å². The molecular formula is C32H34N2O4. The van der Waals surface area contributed by atoms with Gasteiger partial charge in [0.1, 0.15) is 17.1 Å². The molecule has 1 saturated carbocycles. The topological polar surface area (TPSA) is 73.6 Å². The minimum atomic E-state index is -0.448. The molecule has 3 aromatic carbocycles. The van der Waals surface area contributed by atoms with E-state index in [1.54, 1.807) is 7.11 Å². The van der Waals surface area contributed by atoms with E-state index in [-0.39, 0.29) is 12.0 Å². The van der Waals surface area contributed by atoms with Crippen molar-refractivity contribution in [2.75, 3.05) is 19.0 Å². The Morgan fingerprint density at radius 3 is 2.16 bits per heavy atom. The standard InChI is InChI=1S/C32H34N2O4/c1-5-37-31(35)32(18-19-32)27-14-12-25(13-15-27)24-8-10-26(11-9-24)30-29(22(3)34-38-30)33-21(2)20-23-6-16-28(36-4)17-7-23/h6-17,21,33H,5,18-20H2,1-4H3. The number of aryl methyl sites for hydroxylation is 1. The van der Waals surface area contributed by atoms with Gasteiger partial charge in [0, 0.05) is 11.6 Å². The van der Waals surface area contributed by atoms with Gasteiger partial charge in [-0.05, 0) is 74.4 Å². The number of hydrogen-bond donors (Lipinski definition) is 1. The Bertz CT molecular complexity index is 1390. The van der Waals surface area contributed by atoms with Crippen LogP contribution < -0.4 is 10.1 Å². The molecule has 1 aliphatic carbocycles. The fourth-order valence-electron chi connectivity index (χ4n) is 4.95. The molecule has 196 valence electrons. The lowest BCUT2D eigenvalue weighted by Gasteiger charge is -2.16. The van der Waals surface area contributed by atoms with Crippen LogP contribution in [0.2, 0.25) is 0 Å². The molecule has 0 spiro atoms. The van der Waals surface area contributed by atoms with Gasteiger partial charge in [-0.3, -0.25) is 4.79 Å². The second-order valence-electron chi connectivity index (χ2n) is 10.0. The molecule has 0 bridgehead atoms. The number of benzene rings is 3. The van der Waals surface area contributed by atoms with Crippen molar-refractivity contribution in [2.24, 2.45) is 0 Å². The largest absolute Gasteiger partial charge is 0.497 e. The summed E-state index contributed by atoms with van der Waals surface area (Å²) in [4.78, 5) is 12.4. The minimum absolute atomic E-state index is 0.109. The molecule has 0 radical (unpaired) electrons. The number of carbonyl (C=O) groups is 1. The quantitative estimate of drug-likeness (QED) is 0.232. The molecule has 1 aliphatic rings. The Hall–Kier alpha value is -4.06. The van der Waals surface area contributed by atoms with Crippen LogP contribution in [0.5, 0.6) is 5.75 Å². The van der Waals surface area contributed by atoms with Crippen molar-refractivity contribution in [2.45, 2.75) is 51.5 Å². The Labute approximate surface area is 224 Å². The molecule has 5 rings (SSSR count). The molecule has 1 atom stereocenters. The maximum absolute atomic E-state index is 12.4. The molecule has 1 N–H and O–H groups in total. The Morgan fingerprint density at radius 1 is 0.974 bits per heavy atom. The van der Waals surface area contributed by atoms with Gasteiger partial charge in [0.25, 0.3) is 0 Å². The predicted octanol–water partition coefficient (Wildman–Crippen LogP) is 6.96. The summed E-state index contributed by atoms with van der Waals surface area (Å²) < 4.78 is 16.3. The molecule has 38 heavy (non-hydrogen) atoms. The summed E-state index contributed by atoms with van der Waals surface area (Å²) >= 11 is 0. The van der Waals surface area contributed by atoms with Gasteiger partial charge in [-0.25, -0.2) is 0 Å². The summed E-state index contributed by atoms with van der Waals surface area (Å²) in [5.74, 6) is 1.48. The van der Waals surface area contributed by atoms with Crippen LogP contribution in [0.15, 0.2) is 77.3 Å². The summed E-state index contributed by atoms with van der Waals surface area (Å²) in [6, 6.07) is 24.9. The number of hydrogen-bond acceptors (Lipinski definition) is 6. The van der Waals surface area contributed by atoms with E-state index in [2.05, 4.69) is 78.1 Å². The maximum Gasteiger partial charge on any atom is 0.316 e. The van der Waals surface area contributed by atoms with Crippen LogP contribution in [0.25, 0.3) is 22.5 Å². The number of anilines is 1. The zero-order valence-corrected chi connectivity index (χ0v) is 22.4. The highest BCUT2D eigenvalue weighted by atomic mass is 16.5. The second kappa shape index (κ2) is 10.7. The van der Waals surface area contributed by atoms with Crippen molar-refractivity contribution in [3.8, 4) is 28.2 Å². The number of nitrogens with zero attached hydrogens (tertiary/aromatic N) is 1. The third-order valence-corrected chi connectivity index (χ3v) is 7.29. The van der Waals surface area contributed by atoms with E-state index in [0.29, 0.717) is 6.61 Å². The van der Waals surface area contributed by atoms with Crippen molar-refractivity contribution in [3.63, 3.8) is 0 Å². The highest BCUT2D eigenvalue weighted by Gasteiger charge is 2.52. The van der Waals surface area contributed by atoms with Crippen LogP contribution in [0.3, 0.4) is 0 Å². The zero-order valence-electron chi connectivity index (χ0n) is 22.4. The first-order valence-electron chi connectivity index (χ1n) is 13.2. The summed E-state index contributed by atoms with van der Waals surface area (Å²) in [5.41, 5.74) is 6.72. The van der Waals surface area contributed by atoms with Gasteiger partial charge in [0.2, 0.25) is 0 Å². The summed E-state index contributed by atoms with van der Waals surface area (Å²) in [6.07, 6.45) is 2.57. The molecule has 6 heteroatoms. The zero-order chi connectivity index (χ0) is 26.7. The van der Waals surface area contributed by atoms with Gasteiger partial charge in [0.05, 0.1) is 19.1 Å². The fourth-order valence-corrected chi connectivity index (χ4v) is 4.95. The normalized spacial score (nSPS) is 14.5. The van der Waals surface area contributed by atoms with Gasteiger partial charge in [-0.1, -0.05) is 65.8 Å². The van der Waals surface area contributed by atoms with Crippen LogP contribution in [0.4, 0.5) is 5.69 Å². The van der Waals surface area contributed by atoms with Crippen LogP contribution in [-0.2, 0) is 21.4 Å². The number of nitrogens with one attached hydrogen (secondary N) is 1. The number of esters is 1. The molecule has 1 aromatic heterocycles. The smallest absolute Gasteiger partial charge is 0.316 e. The molecule has 1 heterocycles. The van der Waals surface area contributed by atoms with Crippen molar-refractivity contribution in [1.82, 2.24) is 5.16 Å². The molecule has 4 aromatic rings. The lowest BCUT2D eigenvalue weighted by atomic mass is 9.93. The molecule has 0 aliphatic heterocycles. The predicted molar refractivity (Wildman–Crippen MR) is 149 cm³/mol. The van der Waals surface area contributed by atoms with Crippen molar-refractivity contribution in [1.29, 1.82) is 0 Å². The first-order chi connectivity index (χ1) is 18.4. The Kier molecular flexibility index (Phi) is 7.23. The van der Waals surface area contributed by atoms with Crippen LogP contribution >= 0.6 is 0 Å². The van der Waals surface area contributed by atoms with Gasteiger partial charge in [-0.2, -0.15) is 0 Å². The molecule has 1 unspecified atom stereocenters. The third-order valence-electron chi connectivity index (χ3n) is 7.29. The lowest BCUT2D eigenvalue weighted by molar-refractivity contribution is -0.146. The monoisotopic (exact) mass is 510 g/mol. The van der Waals surface area contributed by atoms with E-state index in [0.717, 1.165) is 64.4 Å². The number of carbonyl (C=O) groups excluding carboxylic acids is 1. The second-order valence-corrected chi connectivity index (χ2v) is 10.0. The average molecular weight is 511 g/mol. The van der Waals surface area contributed by atoms with E-state index in [4.69, 9.17) is 14.0 Å². The fraction of sp³-hybridized carbons (Fsp3) is 0.312. The van der Waals surface area contributed by atoms with E-state index in [9.17, 15) is 4.79 Å². The Balaban J connectivity index is 1.29. The minimum Gasteiger partial charge on any atom is -0.497 e. The number of aromatic nitrogens is 1. The van der Waals surface area contributed by atoms with Gasteiger partial charge in [0.15, 0.2) is 5.76 Å². The Morgan fingerprint density at radius 2 is 1.58 bits per heavy atom. The first kappa shape index (κ1) is 25.6. The van der Waals surface area contributed by atoms with Gasteiger partial charge in [-0.15, -0.1) is 0 Å². The van der Waals surface area contributed by atoms with E-state index in [1.807, 2.05) is 26.0 Å². The van der Waals surface area contributed by atoms with Crippen molar-refractivity contribution >= 4 is 11.7 Å². The SMILES string of the molecule is CCOC(=O)C1(c2ccc(-c3ccc(-c4onc(C)c4NC(C)Cc4ccc(OC)cc4)cc3)cc2)CC1. The van der Waals surface area contributed by atoms with Gasteiger partial charge < -0.3 is 19.3 Å². The van der Waals surface area contributed by atoms with Crippen LogP contribution in [0.1, 0.15) is 43.5 Å². The lowest BCUT2D eigenvalue weighted by Crippen LogP contribution is -2.23. The van der Waals surface area contributed by atoms with Crippen molar-refractivity contribution < 1.29 is 18.8 Å². The number of rotatable bonds is 10. The third kappa shape index (κ3) is 5.17. The summed E-state index contributed by atoms with van der Waals surface area (Å²) in [6.45, 7) is 6.37. The maximum atomic E-state index is 12.4. The first-order valence-corrected chi connectivity index (χ1v) is 13.2. The summed E-state index contributed by atoms with van der Waals surface area (Å²) in [5, 5.41) is 7.83. The van der Waals surface area contributed by atoms with Crippen LogP contribution in [0, 0.1) is 6.92 Å². The number of ether oxygens (including phenoxy) is 2. The van der Waals surface area contributed by atoms with Gasteiger partial charge >= 0.3 is 5.97 Å². The van der Waals surface area contributed by atoms with Crippen molar-refractivity contribution in [3.05, 3.63) is 89.6 Å². The molecular weight excluding hydrogens is 476 g/mol. The van der Waals surface area contributed by atoms with E-state index >= 15 is 0 Å². The highest BCUT2D eigenvalue weighted by molar-refractivity contribution is 5.87. The molecule has 0 saturated heterocycles. The average Bonchev–Trinajstić information content (AvgIpc) is 3.68. The molecule has 1 fully saturated rings. The molecule has 6 nitrogen and oxygen atoms in total. The van der Waals surface area contributed by atoms with E-state index in [1.165, 1.54) is 5.56 Å².